The molecule has 3 aromatic rings. The fourth-order valence-electron chi connectivity index (χ4n) is 2.35. The number of alkyl halides is 3. The average Bonchev–Trinajstić information content (AvgIpc) is 3.00. The highest BCUT2D eigenvalue weighted by atomic mass is 32.2. The minimum atomic E-state index is -4.48. The van der Waals surface area contributed by atoms with Gasteiger partial charge in [-0.1, -0.05) is 0 Å². The Kier molecular flexibility index (Phi) is 4.66. The van der Waals surface area contributed by atoms with E-state index in [1.807, 2.05) is 0 Å². The van der Waals surface area contributed by atoms with Gasteiger partial charge in [0.05, 0.1) is 22.5 Å². The number of sulfonamides is 1. The second kappa shape index (κ2) is 6.67. The Balaban J connectivity index is 2.02. The zero-order valence-electron chi connectivity index (χ0n) is 13.9. The number of halogens is 3. The molecular formula is C16H14F3N5O2S. The second-order valence-corrected chi connectivity index (χ2v) is 7.29. The summed E-state index contributed by atoms with van der Waals surface area (Å²) in [5.41, 5.74) is 0.400. The Bertz CT molecular complexity index is 1080. The van der Waals surface area contributed by atoms with Crippen molar-refractivity contribution in [2.75, 3.05) is 5.32 Å². The molecule has 0 atom stereocenters. The van der Waals surface area contributed by atoms with Crippen molar-refractivity contribution >= 4 is 21.5 Å². The molecule has 27 heavy (non-hydrogen) atoms. The molecule has 0 aliphatic heterocycles. The summed E-state index contributed by atoms with van der Waals surface area (Å²) >= 11 is 0. The molecule has 0 saturated heterocycles. The first-order valence-corrected chi connectivity index (χ1v) is 9.04. The summed E-state index contributed by atoms with van der Waals surface area (Å²) in [6, 6.07) is 6.15. The number of primary sulfonamides is 1. The Morgan fingerprint density at radius 1 is 1.15 bits per heavy atom. The van der Waals surface area contributed by atoms with Crippen LogP contribution >= 0.6 is 0 Å². The molecule has 2 aromatic heterocycles. The number of rotatable bonds is 4. The normalized spacial score (nSPS) is 12.2. The van der Waals surface area contributed by atoms with Gasteiger partial charge in [-0.15, -0.1) is 0 Å². The standard InChI is InChI=1S/C16H14F3N5O2S/c1-24-8-14(22-9-24)12-6-11(27(20,25)26)3-4-13(12)23-15-5-2-10(7-21-15)16(17,18)19/h2-9H,1H3,(H,21,23)(H2,20,25,26). The molecule has 1 aromatic carbocycles. The molecule has 0 saturated carbocycles. The fourth-order valence-corrected chi connectivity index (χ4v) is 2.89. The first-order valence-electron chi connectivity index (χ1n) is 7.49. The van der Waals surface area contributed by atoms with Crippen LogP contribution in [-0.2, 0) is 23.2 Å². The van der Waals surface area contributed by atoms with Crippen LogP contribution in [0.4, 0.5) is 24.7 Å². The van der Waals surface area contributed by atoms with Crippen molar-refractivity contribution < 1.29 is 21.6 Å². The predicted molar refractivity (Wildman–Crippen MR) is 92.5 cm³/mol. The van der Waals surface area contributed by atoms with E-state index in [0.29, 0.717) is 23.1 Å². The third-order valence-electron chi connectivity index (χ3n) is 3.65. The van der Waals surface area contributed by atoms with Crippen LogP contribution in [0.25, 0.3) is 11.3 Å². The number of hydrogen-bond donors (Lipinski definition) is 2. The molecule has 2 heterocycles. The molecule has 0 unspecified atom stereocenters. The van der Waals surface area contributed by atoms with E-state index in [1.165, 1.54) is 30.6 Å². The molecule has 0 amide bonds. The zero-order valence-corrected chi connectivity index (χ0v) is 14.7. The quantitative estimate of drug-likeness (QED) is 0.705. The highest BCUT2D eigenvalue weighted by Gasteiger charge is 2.30. The molecule has 0 aliphatic rings. The summed E-state index contributed by atoms with van der Waals surface area (Å²) in [5, 5.41) is 8.05. The van der Waals surface area contributed by atoms with Gasteiger partial charge >= 0.3 is 6.18 Å². The zero-order chi connectivity index (χ0) is 19.8. The van der Waals surface area contributed by atoms with Crippen molar-refractivity contribution in [1.29, 1.82) is 0 Å². The lowest BCUT2D eigenvalue weighted by atomic mass is 10.1. The highest BCUT2D eigenvalue weighted by molar-refractivity contribution is 7.89. The van der Waals surface area contributed by atoms with Crippen molar-refractivity contribution in [3.05, 3.63) is 54.6 Å². The van der Waals surface area contributed by atoms with Gasteiger partial charge < -0.3 is 9.88 Å². The molecule has 0 bridgehead atoms. The summed E-state index contributed by atoms with van der Waals surface area (Å²) in [7, 11) is -2.20. The van der Waals surface area contributed by atoms with Gasteiger partial charge in [0.2, 0.25) is 10.0 Å². The van der Waals surface area contributed by atoms with Crippen molar-refractivity contribution in [3.63, 3.8) is 0 Å². The molecule has 3 N–H and O–H groups in total. The number of nitrogens with one attached hydrogen (secondary N) is 1. The van der Waals surface area contributed by atoms with Gasteiger partial charge in [0.1, 0.15) is 5.82 Å². The third kappa shape index (κ3) is 4.26. The first kappa shape index (κ1) is 18.9. The van der Waals surface area contributed by atoms with Gasteiger partial charge in [0.25, 0.3) is 0 Å². The summed E-state index contributed by atoms with van der Waals surface area (Å²) in [6.07, 6.45) is -0.587. The minimum absolute atomic E-state index is 0.117. The van der Waals surface area contributed by atoms with Crippen LogP contribution in [0, 0.1) is 0 Å². The van der Waals surface area contributed by atoms with Crippen molar-refractivity contribution in [2.45, 2.75) is 11.1 Å². The topological polar surface area (TPSA) is 103 Å². The van der Waals surface area contributed by atoms with Gasteiger partial charge in [-0.05, 0) is 30.3 Å². The van der Waals surface area contributed by atoms with Gasteiger partial charge in [0.15, 0.2) is 0 Å². The Morgan fingerprint density at radius 3 is 2.41 bits per heavy atom. The van der Waals surface area contributed by atoms with Crippen LogP contribution < -0.4 is 10.5 Å². The van der Waals surface area contributed by atoms with Crippen molar-refractivity contribution in [1.82, 2.24) is 14.5 Å². The molecule has 3 rings (SSSR count). The van der Waals surface area contributed by atoms with Gasteiger partial charge in [-0.3, -0.25) is 0 Å². The van der Waals surface area contributed by atoms with Gasteiger partial charge in [-0.25, -0.2) is 23.5 Å². The van der Waals surface area contributed by atoms with E-state index in [1.54, 1.807) is 17.8 Å². The number of hydrogen-bond acceptors (Lipinski definition) is 5. The van der Waals surface area contributed by atoms with Crippen LogP contribution in [0.15, 0.2) is 53.9 Å². The van der Waals surface area contributed by atoms with Crippen LogP contribution in [0.2, 0.25) is 0 Å². The lowest BCUT2D eigenvalue weighted by molar-refractivity contribution is -0.137. The number of anilines is 2. The summed E-state index contributed by atoms with van der Waals surface area (Å²) in [5.74, 6) is 0.156. The number of nitrogens with zero attached hydrogens (tertiary/aromatic N) is 3. The van der Waals surface area contributed by atoms with Crippen LogP contribution in [0.5, 0.6) is 0 Å². The predicted octanol–water partition coefficient (Wildman–Crippen LogP) is 2.89. The molecule has 0 fully saturated rings. The van der Waals surface area contributed by atoms with E-state index in [4.69, 9.17) is 5.14 Å². The number of aryl methyl sites for hydroxylation is 1. The molecule has 11 heteroatoms. The molecule has 0 radical (unpaired) electrons. The van der Waals surface area contributed by atoms with E-state index in [9.17, 15) is 21.6 Å². The number of aromatic nitrogens is 3. The Hall–Kier alpha value is -2.92. The number of nitrogens with two attached hydrogens (primary N) is 1. The Morgan fingerprint density at radius 2 is 1.89 bits per heavy atom. The number of pyridine rings is 1. The van der Waals surface area contributed by atoms with E-state index < -0.39 is 21.8 Å². The van der Waals surface area contributed by atoms with E-state index in [-0.39, 0.29) is 10.7 Å². The summed E-state index contributed by atoms with van der Waals surface area (Å²) in [4.78, 5) is 7.81. The van der Waals surface area contributed by atoms with E-state index >= 15 is 0 Å². The largest absolute Gasteiger partial charge is 0.417 e. The smallest absolute Gasteiger partial charge is 0.340 e. The SMILES string of the molecule is Cn1cnc(-c2cc(S(N)(=O)=O)ccc2Nc2ccc(C(F)(F)F)cn2)c1. The maximum absolute atomic E-state index is 12.7. The summed E-state index contributed by atoms with van der Waals surface area (Å²) in [6.45, 7) is 0. The molecule has 7 nitrogen and oxygen atoms in total. The maximum Gasteiger partial charge on any atom is 0.417 e. The maximum atomic E-state index is 12.7. The third-order valence-corrected chi connectivity index (χ3v) is 4.56. The molecular weight excluding hydrogens is 383 g/mol. The van der Waals surface area contributed by atoms with Crippen LogP contribution in [0.1, 0.15) is 5.56 Å². The van der Waals surface area contributed by atoms with Gasteiger partial charge in [-0.2, -0.15) is 13.2 Å². The van der Waals surface area contributed by atoms with Crippen molar-refractivity contribution in [3.8, 4) is 11.3 Å². The fraction of sp³-hybridized carbons (Fsp3) is 0.125. The van der Waals surface area contributed by atoms with Crippen LogP contribution in [0.3, 0.4) is 0 Å². The molecule has 142 valence electrons. The summed E-state index contributed by atoms with van der Waals surface area (Å²) < 4.78 is 62.9. The van der Waals surface area contributed by atoms with E-state index in [0.717, 1.165) is 6.07 Å². The van der Waals surface area contributed by atoms with Crippen LogP contribution in [-0.4, -0.2) is 23.0 Å². The van der Waals surface area contributed by atoms with E-state index in [2.05, 4.69) is 15.3 Å². The molecule has 0 spiro atoms. The van der Waals surface area contributed by atoms with Crippen molar-refractivity contribution in [2.24, 2.45) is 12.2 Å². The average molecular weight is 397 g/mol. The lowest BCUT2D eigenvalue weighted by Gasteiger charge is -2.12. The minimum Gasteiger partial charge on any atom is -0.340 e. The molecule has 0 aliphatic carbocycles. The lowest BCUT2D eigenvalue weighted by Crippen LogP contribution is -2.12. The highest BCUT2D eigenvalue weighted by Crippen LogP contribution is 2.32. The number of imidazole rings is 1. The van der Waals surface area contributed by atoms with Gasteiger partial charge in [0, 0.05) is 30.7 Å². The monoisotopic (exact) mass is 397 g/mol. The second-order valence-electron chi connectivity index (χ2n) is 5.73. The number of benzene rings is 1. The Labute approximate surface area is 152 Å². The first-order chi connectivity index (χ1) is 12.5.